The average molecular weight is 383 g/mol. The summed E-state index contributed by atoms with van der Waals surface area (Å²) in [6.45, 7) is 2.68. The van der Waals surface area contributed by atoms with Gasteiger partial charge in [-0.05, 0) is 30.7 Å². The summed E-state index contributed by atoms with van der Waals surface area (Å²) < 4.78 is 5.53. The van der Waals surface area contributed by atoms with Crippen LogP contribution in [0.3, 0.4) is 0 Å². The minimum absolute atomic E-state index is 0.0524. The van der Waals surface area contributed by atoms with Crippen molar-refractivity contribution in [3.63, 3.8) is 0 Å². The van der Waals surface area contributed by atoms with E-state index in [-0.39, 0.29) is 42.8 Å². The van der Waals surface area contributed by atoms with Crippen LogP contribution in [0.4, 0.5) is 0 Å². The highest BCUT2D eigenvalue weighted by Crippen LogP contribution is 2.48. The molecule has 4 atom stereocenters. The van der Waals surface area contributed by atoms with Crippen molar-refractivity contribution < 1.29 is 19.7 Å². The second-order valence-electron chi connectivity index (χ2n) is 7.08. The lowest BCUT2D eigenvalue weighted by molar-refractivity contribution is -0.131. The number of phenolic OH excluding ortho intramolecular Hbond substituents is 1. The molecule has 148 valence electrons. The first-order valence-corrected chi connectivity index (χ1v) is 9.58. The Kier molecular flexibility index (Phi) is 5.21. The Bertz CT molecular complexity index is 842. The van der Waals surface area contributed by atoms with Gasteiger partial charge in [0.2, 0.25) is 5.91 Å². The molecule has 28 heavy (non-hydrogen) atoms. The van der Waals surface area contributed by atoms with E-state index in [2.05, 4.69) is 10.9 Å². The summed E-state index contributed by atoms with van der Waals surface area (Å²) in [4.78, 5) is 14.7. The lowest BCUT2D eigenvalue weighted by atomic mass is 9.83. The van der Waals surface area contributed by atoms with E-state index in [0.29, 0.717) is 6.61 Å². The van der Waals surface area contributed by atoms with Crippen LogP contribution in [0.25, 0.3) is 0 Å². The first-order chi connectivity index (χ1) is 13.7. The monoisotopic (exact) mass is 383 g/mol. The molecule has 0 bridgehead atoms. The van der Waals surface area contributed by atoms with Crippen molar-refractivity contribution >= 4 is 5.91 Å². The predicted molar refractivity (Wildman–Crippen MR) is 104 cm³/mol. The Morgan fingerprint density at radius 1 is 1.07 bits per heavy atom. The third kappa shape index (κ3) is 3.11. The zero-order valence-electron chi connectivity index (χ0n) is 15.7. The summed E-state index contributed by atoms with van der Waals surface area (Å²) >= 11 is 0. The van der Waals surface area contributed by atoms with Crippen molar-refractivity contribution in [2.45, 2.75) is 25.0 Å². The molecule has 2 fully saturated rings. The van der Waals surface area contributed by atoms with E-state index >= 15 is 0 Å². The minimum Gasteiger partial charge on any atom is -0.508 e. The summed E-state index contributed by atoms with van der Waals surface area (Å²) in [5.74, 6) is 0.787. The lowest BCUT2D eigenvalue weighted by Gasteiger charge is -2.31. The second-order valence-corrected chi connectivity index (χ2v) is 7.08. The van der Waals surface area contributed by atoms with Crippen LogP contribution in [0, 0.1) is 5.92 Å². The van der Waals surface area contributed by atoms with E-state index in [1.165, 1.54) is 0 Å². The molecule has 0 aromatic heterocycles. The largest absolute Gasteiger partial charge is 0.508 e. The molecule has 4 N–H and O–H groups in total. The predicted octanol–water partition coefficient (Wildman–Crippen LogP) is 1.50. The van der Waals surface area contributed by atoms with Crippen LogP contribution in [0.15, 0.2) is 48.5 Å². The topological polar surface area (TPSA) is 94.1 Å². The average Bonchev–Trinajstić information content (AvgIpc) is 3.24. The van der Waals surface area contributed by atoms with E-state index in [1.54, 1.807) is 17.0 Å². The van der Waals surface area contributed by atoms with E-state index in [1.807, 2.05) is 43.3 Å². The molecule has 7 heteroatoms. The number of para-hydroxylation sites is 1. The van der Waals surface area contributed by atoms with Crippen LogP contribution in [-0.4, -0.2) is 46.8 Å². The Hall–Kier alpha value is -2.61. The summed E-state index contributed by atoms with van der Waals surface area (Å²) in [7, 11) is 0. The highest BCUT2D eigenvalue weighted by Gasteiger charge is 2.55. The SMILES string of the molecule is CCOc1ccc(C2C3C(NNC3c3ccccc3O)C(=O)N2CCO)cc1. The van der Waals surface area contributed by atoms with Crippen molar-refractivity contribution in [2.24, 2.45) is 5.92 Å². The number of benzene rings is 2. The fourth-order valence-corrected chi connectivity index (χ4v) is 4.40. The normalized spacial score (nSPS) is 26.5. The number of ether oxygens (including phenoxy) is 1. The van der Waals surface area contributed by atoms with Crippen LogP contribution in [0.5, 0.6) is 11.5 Å². The number of nitrogens with zero attached hydrogens (tertiary/aromatic N) is 1. The molecule has 2 aromatic rings. The van der Waals surface area contributed by atoms with Crippen LogP contribution in [0.1, 0.15) is 30.1 Å². The van der Waals surface area contributed by atoms with Crippen molar-refractivity contribution in [2.75, 3.05) is 19.8 Å². The number of aliphatic hydroxyl groups is 1. The van der Waals surface area contributed by atoms with Gasteiger partial charge in [-0.25, -0.2) is 10.9 Å². The Balaban J connectivity index is 1.73. The van der Waals surface area contributed by atoms with E-state index in [4.69, 9.17) is 4.74 Å². The Morgan fingerprint density at radius 3 is 2.46 bits per heavy atom. The van der Waals surface area contributed by atoms with E-state index in [9.17, 15) is 15.0 Å². The van der Waals surface area contributed by atoms with Gasteiger partial charge in [0.05, 0.1) is 25.3 Å². The molecule has 2 aromatic carbocycles. The van der Waals surface area contributed by atoms with Crippen LogP contribution >= 0.6 is 0 Å². The molecule has 0 radical (unpaired) electrons. The summed E-state index contributed by atoms with van der Waals surface area (Å²) in [5.41, 5.74) is 8.02. The van der Waals surface area contributed by atoms with Crippen molar-refractivity contribution in [3.8, 4) is 11.5 Å². The Labute approximate surface area is 163 Å². The summed E-state index contributed by atoms with van der Waals surface area (Å²) in [5, 5.41) is 19.9. The van der Waals surface area contributed by atoms with Gasteiger partial charge in [-0.2, -0.15) is 0 Å². The molecule has 4 rings (SSSR count). The maximum absolute atomic E-state index is 13.0. The van der Waals surface area contributed by atoms with Crippen LogP contribution in [0.2, 0.25) is 0 Å². The number of hydrogen-bond acceptors (Lipinski definition) is 6. The molecule has 2 aliphatic heterocycles. The molecule has 2 saturated heterocycles. The van der Waals surface area contributed by atoms with Gasteiger partial charge in [0, 0.05) is 18.0 Å². The number of rotatable bonds is 6. The van der Waals surface area contributed by atoms with Gasteiger partial charge in [0.1, 0.15) is 17.5 Å². The molecule has 2 aliphatic rings. The molecule has 2 heterocycles. The molecule has 4 unspecified atom stereocenters. The highest BCUT2D eigenvalue weighted by molar-refractivity contribution is 5.86. The highest BCUT2D eigenvalue weighted by atomic mass is 16.5. The number of β-amino-alcohol motifs (C(OH)–C–C–N with tert-alkyl or cyclic N) is 1. The molecule has 0 saturated carbocycles. The first-order valence-electron chi connectivity index (χ1n) is 9.58. The van der Waals surface area contributed by atoms with Crippen molar-refractivity contribution in [3.05, 3.63) is 59.7 Å². The number of aromatic hydroxyl groups is 1. The zero-order chi connectivity index (χ0) is 19.7. The Morgan fingerprint density at radius 2 is 1.79 bits per heavy atom. The number of carbonyl (C=O) groups excluding carboxylic acids is 1. The summed E-state index contributed by atoms with van der Waals surface area (Å²) in [6, 6.07) is 14.0. The molecule has 0 spiro atoms. The van der Waals surface area contributed by atoms with Gasteiger partial charge in [-0.1, -0.05) is 30.3 Å². The minimum atomic E-state index is -0.423. The van der Waals surface area contributed by atoms with Crippen molar-refractivity contribution in [1.82, 2.24) is 15.8 Å². The number of fused-ring (bicyclic) bond motifs is 1. The van der Waals surface area contributed by atoms with Gasteiger partial charge in [0.15, 0.2) is 0 Å². The number of hydrazine groups is 1. The second kappa shape index (κ2) is 7.79. The van der Waals surface area contributed by atoms with Crippen molar-refractivity contribution in [1.29, 1.82) is 0 Å². The number of nitrogens with one attached hydrogen (secondary N) is 2. The molecular weight excluding hydrogens is 358 g/mol. The van der Waals surface area contributed by atoms with Gasteiger partial charge in [0.25, 0.3) is 0 Å². The fraction of sp³-hybridized carbons (Fsp3) is 0.381. The number of likely N-dealkylation sites (tertiary alicyclic amines) is 1. The van der Waals surface area contributed by atoms with Crippen LogP contribution in [-0.2, 0) is 4.79 Å². The third-order valence-electron chi connectivity index (χ3n) is 5.56. The van der Waals surface area contributed by atoms with Gasteiger partial charge in [-0.15, -0.1) is 0 Å². The van der Waals surface area contributed by atoms with Gasteiger partial charge in [-0.3, -0.25) is 4.79 Å². The number of hydrogen-bond donors (Lipinski definition) is 4. The maximum atomic E-state index is 13.0. The number of carbonyl (C=O) groups is 1. The smallest absolute Gasteiger partial charge is 0.242 e. The standard InChI is InChI=1S/C21H25N3O4/c1-2-28-14-9-7-13(8-10-14)20-17-18(15-5-3-4-6-16(15)26)22-23-19(17)21(27)24(20)11-12-25/h3-10,17-20,22-23,25-26H,2,11-12H2,1H3. The number of phenols is 1. The summed E-state index contributed by atoms with van der Waals surface area (Å²) in [6.07, 6.45) is 0. The van der Waals surface area contributed by atoms with E-state index < -0.39 is 6.04 Å². The number of aliphatic hydroxyl groups excluding tert-OH is 1. The lowest BCUT2D eigenvalue weighted by Crippen LogP contribution is -2.42. The van der Waals surface area contributed by atoms with E-state index in [0.717, 1.165) is 16.9 Å². The molecule has 7 nitrogen and oxygen atoms in total. The maximum Gasteiger partial charge on any atom is 0.242 e. The molecule has 0 aliphatic carbocycles. The quantitative estimate of drug-likeness (QED) is 0.604. The number of amides is 1. The molecular formula is C21H25N3O4. The van der Waals surface area contributed by atoms with Gasteiger partial charge < -0.3 is 19.8 Å². The van der Waals surface area contributed by atoms with Gasteiger partial charge >= 0.3 is 0 Å². The fourth-order valence-electron chi connectivity index (χ4n) is 4.40. The van der Waals surface area contributed by atoms with Crippen LogP contribution < -0.4 is 15.6 Å². The molecule has 1 amide bonds. The first kappa shape index (κ1) is 18.7. The zero-order valence-corrected chi connectivity index (χ0v) is 15.7. The third-order valence-corrected chi connectivity index (χ3v) is 5.56.